The van der Waals surface area contributed by atoms with E-state index in [9.17, 15) is 18.0 Å². The van der Waals surface area contributed by atoms with Gasteiger partial charge in [0.1, 0.15) is 0 Å². The molecule has 0 atom stereocenters. The second-order valence-electron chi connectivity index (χ2n) is 5.82. The Morgan fingerprint density at radius 1 is 1.26 bits per heavy atom. The van der Waals surface area contributed by atoms with Gasteiger partial charge in [0.15, 0.2) is 0 Å². The first-order valence-electron chi connectivity index (χ1n) is 8.07. The quantitative estimate of drug-likeness (QED) is 0.770. The number of carbonyl (C=O) groups is 1. The van der Waals surface area contributed by atoms with Crippen molar-refractivity contribution < 1.29 is 18.0 Å². The molecule has 1 aliphatic rings. The molecule has 0 saturated heterocycles. The highest BCUT2D eigenvalue weighted by atomic mass is 19.4. The summed E-state index contributed by atoms with van der Waals surface area (Å²) in [6.07, 6.45) is 7.45. The lowest BCUT2D eigenvalue weighted by molar-refractivity contribution is -0.167. The summed E-state index contributed by atoms with van der Waals surface area (Å²) in [6.45, 7) is 3.65. The molecular formula is C20H20F3N3O. The summed E-state index contributed by atoms with van der Waals surface area (Å²) in [4.78, 5) is 11.4. The van der Waals surface area contributed by atoms with Crippen molar-refractivity contribution in [2.24, 2.45) is 0 Å². The lowest BCUT2D eigenvalue weighted by Gasteiger charge is -2.28. The number of halogens is 3. The third-order valence-corrected chi connectivity index (χ3v) is 3.65. The Morgan fingerprint density at radius 3 is 2.59 bits per heavy atom. The van der Waals surface area contributed by atoms with Gasteiger partial charge in [-0.15, -0.1) is 0 Å². The maximum atomic E-state index is 12.6. The molecule has 0 fully saturated rings. The van der Waals surface area contributed by atoms with Crippen molar-refractivity contribution in [1.82, 2.24) is 10.0 Å². The highest BCUT2D eigenvalue weighted by Crippen LogP contribution is 2.30. The number of para-hydroxylation sites is 1. The van der Waals surface area contributed by atoms with Crippen LogP contribution in [0.3, 0.4) is 0 Å². The molecule has 0 spiro atoms. The van der Waals surface area contributed by atoms with E-state index >= 15 is 0 Å². The number of alkyl halides is 3. The first-order valence-corrected chi connectivity index (χ1v) is 8.07. The van der Waals surface area contributed by atoms with E-state index in [-0.39, 0.29) is 5.69 Å². The van der Waals surface area contributed by atoms with Crippen molar-refractivity contribution >= 4 is 17.2 Å². The van der Waals surface area contributed by atoms with E-state index in [1.54, 1.807) is 42.5 Å². The molecule has 0 aromatic heterocycles. The summed E-state index contributed by atoms with van der Waals surface area (Å²) in [5.41, 5.74) is 1.99. The van der Waals surface area contributed by atoms with E-state index in [4.69, 9.17) is 0 Å². The number of carbonyl (C=O) groups excluding carboxylic acids is 1. The summed E-state index contributed by atoms with van der Waals surface area (Å²) in [7, 11) is 3.73. The molecule has 1 amide bonds. The average molecular weight is 375 g/mol. The number of benzene rings is 1. The first kappa shape index (κ1) is 20.3. The van der Waals surface area contributed by atoms with Gasteiger partial charge in [-0.1, -0.05) is 43.0 Å². The molecule has 1 heterocycles. The van der Waals surface area contributed by atoms with Crippen molar-refractivity contribution in [3.63, 3.8) is 0 Å². The fourth-order valence-electron chi connectivity index (χ4n) is 2.45. The fraction of sp³-hybridized carbons (Fsp3) is 0.150. The molecule has 0 aliphatic carbocycles. The van der Waals surface area contributed by atoms with Gasteiger partial charge in [0.05, 0.1) is 5.70 Å². The van der Waals surface area contributed by atoms with E-state index in [2.05, 4.69) is 6.58 Å². The monoisotopic (exact) mass is 375 g/mol. The Kier molecular flexibility index (Phi) is 6.41. The molecule has 1 aromatic carbocycles. The molecule has 2 rings (SSSR count). The van der Waals surface area contributed by atoms with Crippen LogP contribution in [0, 0.1) is 0 Å². The van der Waals surface area contributed by atoms with Crippen LogP contribution in [0.1, 0.15) is 5.56 Å². The average Bonchev–Trinajstić information content (AvgIpc) is 2.82. The van der Waals surface area contributed by atoms with Crippen LogP contribution in [0.15, 0.2) is 79.2 Å². The highest BCUT2D eigenvalue weighted by Gasteiger charge is 2.39. The van der Waals surface area contributed by atoms with Gasteiger partial charge in [-0.2, -0.15) is 13.2 Å². The van der Waals surface area contributed by atoms with Crippen LogP contribution in [-0.2, 0) is 4.79 Å². The predicted octanol–water partition coefficient (Wildman–Crippen LogP) is 4.50. The zero-order valence-corrected chi connectivity index (χ0v) is 15.0. The number of hydrazine groups is 1. The summed E-state index contributed by atoms with van der Waals surface area (Å²) < 4.78 is 37.9. The van der Waals surface area contributed by atoms with Crippen LogP contribution in [-0.4, -0.2) is 36.2 Å². The minimum atomic E-state index is -4.96. The first-order chi connectivity index (χ1) is 12.7. The molecule has 27 heavy (non-hydrogen) atoms. The molecule has 7 heteroatoms. The summed E-state index contributed by atoms with van der Waals surface area (Å²) in [6, 6.07) is 6.36. The van der Waals surface area contributed by atoms with Crippen molar-refractivity contribution in [2.45, 2.75) is 6.18 Å². The fourth-order valence-corrected chi connectivity index (χ4v) is 2.45. The molecular weight excluding hydrogens is 355 g/mol. The number of nitrogens with zero attached hydrogens (tertiary/aromatic N) is 2. The van der Waals surface area contributed by atoms with E-state index in [0.29, 0.717) is 11.1 Å². The lowest BCUT2D eigenvalue weighted by Crippen LogP contribution is -2.30. The third kappa shape index (κ3) is 5.21. The maximum absolute atomic E-state index is 12.6. The SMILES string of the molecule is C=CC=CC1=CC(c2ccccc2NC(=O)C(F)(F)F)=CC=CN1N(C)C. The molecule has 1 N–H and O–H groups in total. The minimum absolute atomic E-state index is 0.0843. The summed E-state index contributed by atoms with van der Waals surface area (Å²) in [5, 5.41) is 5.66. The molecule has 0 bridgehead atoms. The minimum Gasteiger partial charge on any atom is -0.318 e. The maximum Gasteiger partial charge on any atom is 0.471 e. The Morgan fingerprint density at radius 2 is 1.96 bits per heavy atom. The Balaban J connectivity index is 2.48. The summed E-state index contributed by atoms with van der Waals surface area (Å²) in [5.74, 6) is -2.01. The van der Waals surface area contributed by atoms with Crippen molar-refractivity contribution in [3.05, 3.63) is 84.8 Å². The van der Waals surface area contributed by atoms with Gasteiger partial charge in [0, 0.05) is 31.5 Å². The van der Waals surface area contributed by atoms with E-state index in [1.807, 2.05) is 47.8 Å². The van der Waals surface area contributed by atoms with Crippen LogP contribution in [0.25, 0.3) is 5.57 Å². The van der Waals surface area contributed by atoms with Gasteiger partial charge in [0.25, 0.3) is 0 Å². The second-order valence-corrected chi connectivity index (χ2v) is 5.82. The van der Waals surface area contributed by atoms with Gasteiger partial charge in [-0.25, -0.2) is 5.01 Å². The molecule has 0 unspecified atom stereocenters. The molecule has 4 nitrogen and oxygen atoms in total. The third-order valence-electron chi connectivity index (χ3n) is 3.65. The van der Waals surface area contributed by atoms with E-state index in [1.165, 1.54) is 6.07 Å². The normalized spacial score (nSPS) is 14.8. The van der Waals surface area contributed by atoms with Crippen LogP contribution in [0.2, 0.25) is 0 Å². The molecule has 0 saturated carbocycles. The Bertz CT molecular complexity index is 833. The molecule has 142 valence electrons. The van der Waals surface area contributed by atoms with Crippen LogP contribution in [0.4, 0.5) is 18.9 Å². The number of amides is 1. The van der Waals surface area contributed by atoms with E-state index in [0.717, 1.165) is 5.70 Å². The highest BCUT2D eigenvalue weighted by molar-refractivity contribution is 5.98. The molecule has 1 aromatic rings. The van der Waals surface area contributed by atoms with Gasteiger partial charge < -0.3 is 5.32 Å². The number of allylic oxidation sites excluding steroid dienone is 7. The second kappa shape index (κ2) is 8.55. The molecule has 0 radical (unpaired) electrons. The molecule has 1 aliphatic heterocycles. The number of nitrogens with one attached hydrogen (secondary N) is 1. The standard InChI is InChI=1S/C20H20F3N3O/c1-4-5-10-16-14-15(9-8-13-26(16)25(2)3)17-11-6-7-12-18(17)24-19(27)20(21,22)23/h4-14H,1H2,2-3H3,(H,24,27). The van der Waals surface area contributed by atoms with Crippen LogP contribution in [0.5, 0.6) is 0 Å². The number of hydrogen-bond donors (Lipinski definition) is 1. The van der Waals surface area contributed by atoms with Gasteiger partial charge >= 0.3 is 12.1 Å². The van der Waals surface area contributed by atoms with Gasteiger partial charge in [-0.05, 0) is 29.9 Å². The van der Waals surface area contributed by atoms with Crippen LogP contribution < -0.4 is 5.32 Å². The van der Waals surface area contributed by atoms with Crippen molar-refractivity contribution in [1.29, 1.82) is 0 Å². The zero-order chi connectivity index (χ0) is 20.0. The van der Waals surface area contributed by atoms with Crippen molar-refractivity contribution in [3.8, 4) is 0 Å². The topological polar surface area (TPSA) is 35.6 Å². The number of rotatable bonds is 5. The Labute approximate surface area is 156 Å². The van der Waals surface area contributed by atoms with E-state index < -0.39 is 12.1 Å². The predicted molar refractivity (Wildman–Crippen MR) is 101 cm³/mol. The van der Waals surface area contributed by atoms with Gasteiger partial charge in [0.2, 0.25) is 0 Å². The number of anilines is 1. The Hall–Kier alpha value is -3.06. The number of hydrogen-bond acceptors (Lipinski definition) is 3. The van der Waals surface area contributed by atoms with Crippen molar-refractivity contribution in [2.75, 3.05) is 19.4 Å². The smallest absolute Gasteiger partial charge is 0.318 e. The van der Waals surface area contributed by atoms with Crippen LogP contribution >= 0.6 is 0 Å². The largest absolute Gasteiger partial charge is 0.471 e. The lowest BCUT2D eigenvalue weighted by atomic mass is 10.0. The zero-order valence-electron chi connectivity index (χ0n) is 15.0. The van der Waals surface area contributed by atoms with Gasteiger partial charge in [-0.3, -0.25) is 9.80 Å². The summed E-state index contributed by atoms with van der Waals surface area (Å²) >= 11 is 0.